The van der Waals surface area contributed by atoms with Crippen LogP contribution in [0.15, 0.2) is 18.2 Å². The van der Waals surface area contributed by atoms with E-state index in [2.05, 4.69) is 24.1 Å². The van der Waals surface area contributed by atoms with Crippen molar-refractivity contribution in [1.82, 2.24) is 10.2 Å². The second kappa shape index (κ2) is 8.59. The largest absolute Gasteiger partial charge is 0.398 e. The zero-order valence-electron chi connectivity index (χ0n) is 12.9. The molecule has 0 spiro atoms. The van der Waals surface area contributed by atoms with Crippen LogP contribution in [0.2, 0.25) is 0 Å². The first-order valence-corrected chi connectivity index (χ1v) is 7.45. The van der Waals surface area contributed by atoms with E-state index >= 15 is 0 Å². The quantitative estimate of drug-likeness (QED) is 0.567. The van der Waals surface area contributed by atoms with Crippen molar-refractivity contribution in [1.29, 1.82) is 0 Å². The van der Waals surface area contributed by atoms with Crippen molar-refractivity contribution in [2.24, 2.45) is 0 Å². The molecule has 0 unspecified atom stereocenters. The summed E-state index contributed by atoms with van der Waals surface area (Å²) >= 11 is 0. The van der Waals surface area contributed by atoms with Crippen molar-refractivity contribution in [2.45, 2.75) is 33.6 Å². The molecule has 1 aromatic rings. The van der Waals surface area contributed by atoms with Crippen LogP contribution in [-0.4, -0.2) is 37.0 Å². The van der Waals surface area contributed by atoms with Gasteiger partial charge in [0.1, 0.15) is 0 Å². The van der Waals surface area contributed by atoms with E-state index in [-0.39, 0.29) is 5.91 Å². The maximum absolute atomic E-state index is 11.9. The molecule has 1 rings (SSSR count). The second-order valence-corrected chi connectivity index (χ2v) is 5.06. The van der Waals surface area contributed by atoms with E-state index in [0.29, 0.717) is 17.8 Å². The Labute approximate surface area is 122 Å². The van der Waals surface area contributed by atoms with Crippen molar-refractivity contribution < 1.29 is 4.79 Å². The number of nitrogens with two attached hydrogens (primary N) is 1. The van der Waals surface area contributed by atoms with Gasteiger partial charge in [-0.25, -0.2) is 0 Å². The highest BCUT2D eigenvalue weighted by Gasteiger charge is 2.06. The van der Waals surface area contributed by atoms with Crippen molar-refractivity contribution in [2.75, 3.05) is 31.9 Å². The molecule has 0 radical (unpaired) electrons. The third-order valence-electron chi connectivity index (χ3n) is 3.62. The molecule has 4 heteroatoms. The van der Waals surface area contributed by atoms with Gasteiger partial charge < -0.3 is 16.0 Å². The molecule has 0 atom stereocenters. The Morgan fingerprint density at radius 1 is 1.25 bits per heavy atom. The minimum absolute atomic E-state index is 0.0421. The minimum atomic E-state index is -0.0421. The lowest BCUT2D eigenvalue weighted by Gasteiger charge is -2.17. The topological polar surface area (TPSA) is 58.4 Å². The summed E-state index contributed by atoms with van der Waals surface area (Å²) in [7, 11) is 0. The molecule has 1 amide bonds. The van der Waals surface area contributed by atoms with Gasteiger partial charge in [-0.05, 0) is 57.1 Å². The number of aryl methyl sites for hydroxylation is 1. The molecular formula is C16H27N3O. The van der Waals surface area contributed by atoms with Gasteiger partial charge in [-0.2, -0.15) is 0 Å². The maximum Gasteiger partial charge on any atom is 0.251 e. The summed E-state index contributed by atoms with van der Waals surface area (Å²) in [6.45, 7) is 10.3. The summed E-state index contributed by atoms with van der Waals surface area (Å²) in [6, 6.07) is 5.43. The number of nitrogens with zero attached hydrogens (tertiary/aromatic N) is 1. The molecule has 20 heavy (non-hydrogen) atoms. The molecule has 0 saturated carbocycles. The van der Waals surface area contributed by atoms with Crippen molar-refractivity contribution in [3.8, 4) is 0 Å². The number of hydrogen-bond donors (Lipinski definition) is 2. The minimum Gasteiger partial charge on any atom is -0.398 e. The average Bonchev–Trinajstić information content (AvgIpc) is 2.45. The van der Waals surface area contributed by atoms with Gasteiger partial charge in [0.25, 0.3) is 5.91 Å². The zero-order valence-corrected chi connectivity index (χ0v) is 12.9. The summed E-state index contributed by atoms with van der Waals surface area (Å²) < 4.78 is 0. The van der Waals surface area contributed by atoms with Crippen molar-refractivity contribution >= 4 is 11.6 Å². The highest BCUT2D eigenvalue weighted by molar-refractivity contribution is 5.95. The number of anilines is 1. The Morgan fingerprint density at radius 3 is 2.55 bits per heavy atom. The molecule has 0 aliphatic carbocycles. The fraction of sp³-hybridized carbons (Fsp3) is 0.562. The number of hydrogen-bond acceptors (Lipinski definition) is 3. The Kier molecular flexibility index (Phi) is 7.09. The first-order valence-electron chi connectivity index (χ1n) is 7.45. The lowest BCUT2D eigenvalue weighted by atomic mass is 10.1. The van der Waals surface area contributed by atoms with Crippen LogP contribution in [0.3, 0.4) is 0 Å². The molecule has 3 N–H and O–H groups in total. The van der Waals surface area contributed by atoms with Crippen LogP contribution < -0.4 is 11.1 Å². The molecule has 1 aromatic carbocycles. The molecule has 0 bridgehead atoms. The summed E-state index contributed by atoms with van der Waals surface area (Å²) in [6.07, 6.45) is 2.11. The van der Waals surface area contributed by atoms with Crippen LogP contribution in [0.1, 0.15) is 42.6 Å². The maximum atomic E-state index is 11.9. The lowest BCUT2D eigenvalue weighted by molar-refractivity contribution is 0.0952. The number of carbonyl (C=O) groups excluding carboxylic acids is 1. The van der Waals surface area contributed by atoms with Crippen LogP contribution in [-0.2, 0) is 0 Å². The highest BCUT2D eigenvalue weighted by Crippen LogP contribution is 2.12. The summed E-state index contributed by atoms with van der Waals surface area (Å²) in [5.41, 5.74) is 8.12. The van der Waals surface area contributed by atoms with Crippen molar-refractivity contribution in [3.63, 3.8) is 0 Å². The molecule has 0 saturated heterocycles. The van der Waals surface area contributed by atoms with Crippen molar-refractivity contribution in [3.05, 3.63) is 29.3 Å². The van der Waals surface area contributed by atoms with Crippen LogP contribution in [0.4, 0.5) is 5.69 Å². The number of unbranched alkanes of at least 4 members (excludes halogenated alkanes) is 1. The van der Waals surface area contributed by atoms with Crippen LogP contribution >= 0.6 is 0 Å². The third-order valence-corrected chi connectivity index (χ3v) is 3.62. The fourth-order valence-corrected chi connectivity index (χ4v) is 2.09. The first kappa shape index (κ1) is 16.5. The second-order valence-electron chi connectivity index (χ2n) is 5.06. The predicted molar refractivity (Wildman–Crippen MR) is 84.9 cm³/mol. The number of amides is 1. The van der Waals surface area contributed by atoms with Gasteiger partial charge in [-0.3, -0.25) is 4.79 Å². The summed E-state index contributed by atoms with van der Waals surface area (Å²) in [5, 5.41) is 2.94. The Hall–Kier alpha value is -1.55. The molecule has 0 aromatic heterocycles. The van der Waals surface area contributed by atoms with Gasteiger partial charge in [-0.15, -0.1) is 0 Å². The van der Waals surface area contributed by atoms with E-state index in [1.54, 1.807) is 6.07 Å². The standard InChI is InChI=1S/C16H27N3O/c1-4-19(5-2)11-7-6-10-18-16(20)14-9-8-13(3)15(17)12-14/h8-9,12H,4-7,10-11,17H2,1-3H3,(H,18,20). The predicted octanol–water partition coefficient (Wildman–Crippen LogP) is 2.43. The SMILES string of the molecule is CCN(CC)CCCCNC(=O)c1ccc(C)c(N)c1. The van der Waals surface area contributed by atoms with E-state index in [0.717, 1.165) is 38.0 Å². The number of carbonyl (C=O) groups is 1. The number of benzene rings is 1. The number of nitrogens with one attached hydrogen (secondary N) is 1. The Bertz CT molecular complexity index is 428. The molecular weight excluding hydrogens is 250 g/mol. The average molecular weight is 277 g/mol. The van der Waals surface area contributed by atoms with Crippen LogP contribution in [0.5, 0.6) is 0 Å². The van der Waals surface area contributed by atoms with Crippen LogP contribution in [0.25, 0.3) is 0 Å². The van der Waals surface area contributed by atoms with Gasteiger partial charge in [0.15, 0.2) is 0 Å². The molecule has 4 nitrogen and oxygen atoms in total. The highest BCUT2D eigenvalue weighted by atomic mass is 16.1. The van der Waals surface area contributed by atoms with Gasteiger partial charge in [0.2, 0.25) is 0 Å². The zero-order chi connectivity index (χ0) is 15.0. The number of nitrogen functional groups attached to an aromatic ring is 1. The van der Waals surface area contributed by atoms with E-state index in [9.17, 15) is 4.79 Å². The van der Waals surface area contributed by atoms with Crippen LogP contribution in [0, 0.1) is 6.92 Å². The molecule has 0 heterocycles. The van der Waals surface area contributed by atoms with Gasteiger partial charge in [0.05, 0.1) is 0 Å². The molecule has 0 aliphatic rings. The summed E-state index contributed by atoms with van der Waals surface area (Å²) in [4.78, 5) is 14.3. The van der Waals surface area contributed by atoms with Gasteiger partial charge in [0, 0.05) is 17.8 Å². The van der Waals surface area contributed by atoms with E-state index in [4.69, 9.17) is 5.73 Å². The molecule has 112 valence electrons. The smallest absolute Gasteiger partial charge is 0.251 e. The first-order chi connectivity index (χ1) is 9.58. The number of rotatable bonds is 8. The van der Waals surface area contributed by atoms with Gasteiger partial charge in [-0.1, -0.05) is 19.9 Å². The van der Waals surface area contributed by atoms with E-state index in [1.807, 2.05) is 19.1 Å². The van der Waals surface area contributed by atoms with Gasteiger partial charge >= 0.3 is 0 Å². The van der Waals surface area contributed by atoms with E-state index in [1.165, 1.54) is 0 Å². The summed E-state index contributed by atoms with van der Waals surface area (Å²) in [5.74, 6) is -0.0421. The normalized spacial score (nSPS) is 10.8. The lowest BCUT2D eigenvalue weighted by Crippen LogP contribution is -2.27. The van der Waals surface area contributed by atoms with E-state index < -0.39 is 0 Å². The monoisotopic (exact) mass is 277 g/mol. The molecule has 0 aliphatic heterocycles. The Balaban J connectivity index is 2.28. The molecule has 0 fully saturated rings. The Morgan fingerprint density at radius 2 is 1.95 bits per heavy atom. The third kappa shape index (κ3) is 5.21. The fourth-order valence-electron chi connectivity index (χ4n) is 2.09.